The summed E-state index contributed by atoms with van der Waals surface area (Å²) >= 11 is 0. The van der Waals surface area contributed by atoms with Crippen molar-refractivity contribution in [3.63, 3.8) is 0 Å². The Hall–Kier alpha value is -2.58. The van der Waals surface area contributed by atoms with E-state index >= 15 is 0 Å². The van der Waals surface area contributed by atoms with Gasteiger partial charge < -0.3 is 16.0 Å². The predicted molar refractivity (Wildman–Crippen MR) is 76.9 cm³/mol. The topological polar surface area (TPSA) is 83.8 Å². The van der Waals surface area contributed by atoms with Crippen molar-refractivity contribution in [1.29, 1.82) is 0 Å². The molecule has 0 aliphatic heterocycles. The average molecular weight is 268 g/mol. The molecule has 2 rings (SSSR count). The van der Waals surface area contributed by atoms with Crippen molar-refractivity contribution >= 4 is 5.91 Å². The van der Waals surface area contributed by atoms with Crippen LogP contribution >= 0.6 is 0 Å². The molecule has 0 bridgehead atoms. The van der Waals surface area contributed by atoms with E-state index in [9.17, 15) is 4.79 Å². The fraction of sp³-hybridized carbons (Fsp3) is 0.200. The van der Waals surface area contributed by atoms with Crippen LogP contribution in [-0.2, 0) is 6.54 Å². The average Bonchev–Trinajstić information content (AvgIpc) is 2.96. The summed E-state index contributed by atoms with van der Waals surface area (Å²) in [5.74, 6) is 5.65. The number of carbonyl (C=O) groups is 1. The monoisotopic (exact) mass is 268 g/mol. The molecule has 4 N–H and O–H groups in total. The maximum atomic E-state index is 12.0. The Morgan fingerprint density at radius 2 is 2.35 bits per heavy atom. The lowest BCUT2D eigenvalue weighted by molar-refractivity contribution is 0.0950. The third-order valence-corrected chi connectivity index (χ3v) is 2.81. The number of hydrogen-bond donors (Lipinski definition) is 3. The molecule has 0 radical (unpaired) electrons. The van der Waals surface area contributed by atoms with Gasteiger partial charge in [0.15, 0.2) is 0 Å². The summed E-state index contributed by atoms with van der Waals surface area (Å²) in [6, 6.07) is 5.42. The molecule has 0 aliphatic rings. The lowest BCUT2D eigenvalue weighted by Gasteiger charge is -2.06. The van der Waals surface area contributed by atoms with Gasteiger partial charge in [0, 0.05) is 17.3 Å². The molecule has 1 aromatic heterocycles. The van der Waals surface area contributed by atoms with Gasteiger partial charge in [-0.05, 0) is 30.7 Å². The number of nitrogens with two attached hydrogens (primary N) is 1. The first-order chi connectivity index (χ1) is 9.70. The Kier molecular flexibility index (Phi) is 4.53. The van der Waals surface area contributed by atoms with Crippen molar-refractivity contribution in [3.8, 4) is 11.8 Å². The number of aryl methyl sites for hydroxylation is 1. The highest BCUT2D eigenvalue weighted by atomic mass is 16.1. The van der Waals surface area contributed by atoms with Crippen molar-refractivity contribution in [2.45, 2.75) is 13.5 Å². The number of aromatic nitrogens is 2. The molecule has 20 heavy (non-hydrogen) atoms. The zero-order chi connectivity index (χ0) is 14.4. The van der Waals surface area contributed by atoms with Crippen LogP contribution in [0.4, 0.5) is 0 Å². The molecule has 0 aliphatic carbocycles. The van der Waals surface area contributed by atoms with Gasteiger partial charge >= 0.3 is 0 Å². The highest BCUT2D eigenvalue weighted by molar-refractivity contribution is 5.94. The first kappa shape index (κ1) is 13.8. The van der Waals surface area contributed by atoms with Gasteiger partial charge in [0.2, 0.25) is 0 Å². The van der Waals surface area contributed by atoms with Gasteiger partial charge in [0.05, 0.1) is 25.1 Å². The van der Waals surface area contributed by atoms with Gasteiger partial charge in [-0.3, -0.25) is 4.79 Å². The summed E-state index contributed by atoms with van der Waals surface area (Å²) in [4.78, 5) is 18.8. The molecule has 0 fully saturated rings. The molecular formula is C15H16N4O. The minimum absolute atomic E-state index is 0.124. The van der Waals surface area contributed by atoms with E-state index in [1.54, 1.807) is 18.6 Å². The van der Waals surface area contributed by atoms with Crippen LogP contribution in [0.15, 0.2) is 30.7 Å². The maximum absolute atomic E-state index is 12.0. The summed E-state index contributed by atoms with van der Waals surface area (Å²) in [5, 5.41) is 2.82. The molecule has 0 saturated heterocycles. The summed E-state index contributed by atoms with van der Waals surface area (Å²) in [5.41, 5.74) is 8.67. The summed E-state index contributed by atoms with van der Waals surface area (Å²) in [6.45, 7) is 2.67. The fourth-order valence-corrected chi connectivity index (χ4v) is 1.75. The van der Waals surface area contributed by atoms with Gasteiger partial charge in [0.1, 0.15) is 0 Å². The van der Waals surface area contributed by atoms with E-state index in [-0.39, 0.29) is 5.91 Å². The third-order valence-electron chi connectivity index (χ3n) is 2.81. The summed E-state index contributed by atoms with van der Waals surface area (Å²) in [7, 11) is 0. The first-order valence-electron chi connectivity index (χ1n) is 6.25. The highest BCUT2D eigenvalue weighted by Gasteiger charge is 2.07. The van der Waals surface area contributed by atoms with Crippen molar-refractivity contribution in [2.75, 3.05) is 6.54 Å². The standard InChI is InChI=1S/C15H16N4O/c1-11-7-13(5-4-12(11)3-2-6-16)15(20)18-9-14-8-17-10-19-14/h4-5,7-8,10H,6,9,16H2,1H3,(H,17,19)(H,18,20). The van der Waals surface area contributed by atoms with E-state index in [1.807, 2.05) is 19.1 Å². The lowest BCUT2D eigenvalue weighted by atomic mass is 10.0. The van der Waals surface area contributed by atoms with Crippen molar-refractivity contribution in [3.05, 3.63) is 53.1 Å². The van der Waals surface area contributed by atoms with E-state index in [4.69, 9.17) is 5.73 Å². The van der Waals surface area contributed by atoms with Crippen LogP contribution in [0.5, 0.6) is 0 Å². The van der Waals surface area contributed by atoms with E-state index in [0.717, 1.165) is 16.8 Å². The zero-order valence-electron chi connectivity index (χ0n) is 11.2. The normalized spacial score (nSPS) is 9.70. The van der Waals surface area contributed by atoms with E-state index < -0.39 is 0 Å². The number of rotatable bonds is 3. The largest absolute Gasteiger partial charge is 0.347 e. The Morgan fingerprint density at radius 1 is 1.50 bits per heavy atom. The van der Waals surface area contributed by atoms with Crippen LogP contribution in [0.1, 0.15) is 27.2 Å². The predicted octanol–water partition coefficient (Wildman–Crippen LogP) is 0.958. The lowest BCUT2D eigenvalue weighted by Crippen LogP contribution is -2.23. The number of H-pyrrole nitrogens is 1. The number of benzene rings is 1. The molecule has 2 aromatic rings. The van der Waals surface area contributed by atoms with Crippen LogP contribution in [0.25, 0.3) is 0 Å². The summed E-state index contributed by atoms with van der Waals surface area (Å²) in [6.07, 6.45) is 3.26. The smallest absolute Gasteiger partial charge is 0.251 e. The molecule has 0 spiro atoms. The molecule has 1 aromatic carbocycles. The Bertz CT molecular complexity index is 650. The quantitative estimate of drug-likeness (QED) is 0.725. The van der Waals surface area contributed by atoms with E-state index in [0.29, 0.717) is 18.7 Å². The van der Waals surface area contributed by atoms with Gasteiger partial charge in [0.25, 0.3) is 5.91 Å². The van der Waals surface area contributed by atoms with Gasteiger partial charge in [-0.25, -0.2) is 4.98 Å². The molecule has 102 valence electrons. The third kappa shape index (κ3) is 3.46. The van der Waals surface area contributed by atoms with Gasteiger partial charge in [-0.15, -0.1) is 0 Å². The number of nitrogens with zero attached hydrogens (tertiary/aromatic N) is 1. The maximum Gasteiger partial charge on any atom is 0.251 e. The van der Waals surface area contributed by atoms with Gasteiger partial charge in [-0.1, -0.05) is 11.8 Å². The van der Waals surface area contributed by atoms with Gasteiger partial charge in [-0.2, -0.15) is 0 Å². The fourth-order valence-electron chi connectivity index (χ4n) is 1.75. The minimum atomic E-state index is -0.124. The second-order valence-electron chi connectivity index (χ2n) is 4.30. The molecule has 1 amide bonds. The molecule has 0 atom stereocenters. The SMILES string of the molecule is Cc1cc(C(=O)NCc2cnc[nH]2)ccc1C#CCN. The molecule has 1 heterocycles. The first-order valence-corrected chi connectivity index (χ1v) is 6.25. The number of hydrogen-bond acceptors (Lipinski definition) is 3. The van der Waals surface area contributed by atoms with Crippen molar-refractivity contribution < 1.29 is 4.79 Å². The number of carbonyl (C=O) groups excluding carboxylic acids is 1. The number of imidazole rings is 1. The second kappa shape index (κ2) is 6.55. The number of aromatic amines is 1. The number of amides is 1. The Morgan fingerprint density at radius 3 is 3.00 bits per heavy atom. The number of nitrogens with one attached hydrogen (secondary N) is 2. The van der Waals surface area contributed by atoms with E-state index in [2.05, 4.69) is 27.1 Å². The summed E-state index contributed by atoms with van der Waals surface area (Å²) < 4.78 is 0. The Balaban J connectivity index is 2.05. The van der Waals surface area contributed by atoms with Crippen LogP contribution < -0.4 is 11.1 Å². The highest BCUT2D eigenvalue weighted by Crippen LogP contribution is 2.10. The molecular weight excluding hydrogens is 252 g/mol. The minimum Gasteiger partial charge on any atom is -0.347 e. The van der Waals surface area contributed by atoms with Crippen LogP contribution in [0.2, 0.25) is 0 Å². The molecule has 0 saturated carbocycles. The van der Waals surface area contributed by atoms with Crippen LogP contribution in [-0.4, -0.2) is 22.4 Å². The van der Waals surface area contributed by atoms with Crippen molar-refractivity contribution in [1.82, 2.24) is 15.3 Å². The second-order valence-corrected chi connectivity index (χ2v) is 4.30. The zero-order valence-corrected chi connectivity index (χ0v) is 11.2. The Labute approximate surface area is 117 Å². The molecule has 0 unspecified atom stereocenters. The molecule has 5 nitrogen and oxygen atoms in total. The van der Waals surface area contributed by atoms with Crippen LogP contribution in [0, 0.1) is 18.8 Å². The van der Waals surface area contributed by atoms with Crippen molar-refractivity contribution in [2.24, 2.45) is 5.73 Å². The molecule has 5 heteroatoms. The van der Waals surface area contributed by atoms with Crippen LogP contribution in [0.3, 0.4) is 0 Å². The van der Waals surface area contributed by atoms with E-state index in [1.165, 1.54) is 0 Å².